The molecule has 2 aromatic carbocycles. The molecule has 2 aliphatic rings. The Labute approximate surface area is 147 Å². The Hall–Kier alpha value is -2.79. The number of carbonyl (C=O) groups is 1. The van der Waals surface area contributed by atoms with Crippen LogP contribution in [0.15, 0.2) is 76.6 Å². The van der Waals surface area contributed by atoms with E-state index < -0.39 is 15.4 Å². The maximum Gasteiger partial charge on any atom is 0.270 e. The summed E-state index contributed by atoms with van der Waals surface area (Å²) in [5, 5.41) is 11.2. The van der Waals surface area contributed by atoms with Crippen LogP contribution in [0.1, 0.15) is 15.9 Å². The average Bonchev–Trinajstić information content (AvgIpc) is 2.63. The summed E-state index contributed by atoms with van der Waals surface area (Å²) in [6.07, 6.45) is 7.71. The predicted molar refractivity (Wildman–Crippen MR) is 99.5 cm³/mol. The second kappa shape index (κ2) is 5.93. The lowest BCUT2D eigenvalue weighted by molar-refractivity contribution is -0.385. The molecular formula is C20H15NO3S. The van der Waals surface area contributed by atoms with Crippen molar-refractivity contribution < 1.29 is 9.72 Å². The summed E-state index contributed by atoms with van der Waals surface area (Å²) < 4.78 is 0. The number of allylic oxidation sites excluding steroid dienone is 4. The van der Waals surface area contributed by atoms with Crippen molar-refractivity contribution in [3.05, 3.63) is 88.0 Å². The van der Waals surface area contributed by atoms with Crippen molar-refractivity contribution in [2.75, 3.05) is 0 Å². The number of ketones is 1. The lowest BCUT2D eigenvalue weighted by Crippen LogP contribution is -2.27. The van der Waals surface area contributed by atoms with Crippen LogP contribution in [-0.2, 0) is 0 Å². The van der Waals surface area contributed by atoms with E-state index in [1.807, 2.05) is 55.5 Å². The first kappa shape index (κ1) is 15.7. The molecule has 124 valence electrons. The summed E-state index contributed by atoms with van der Waals surface area (Å²) in [6.45, 7) is 2.02. The Bertz CT molecular complexity index is 1000. The van der Waals surface area contributed by atoms with E-state index in [0.29, 0.717) is 5.56 Å². The molecule has 0 radical (unpaired) electrons. The molecule has 5 heteroatoms. The van der Waals surface area contributed by atoms with Crippen LogP contribution in [0.2, 0.25) is 0 Å². The molecule has 4 rings (SSSR count). The van der Waals surface area contributed by atoms with Crippen molar-refractivity contribution in [1.29, 1.82) is 0 Å². The monoisotopic (exact) mass is 349 g/mol. The van der Waals surface area contributed by atoms with E-state index in [-0.39, 0.29) is 17.4 Å². The Kier molecular flexibility index (Phi) is 3.73. The zero-order valence-electron chi connectivity index (χ0n) is 13.5. The summed E-state index contributed by atoms with van der Waals surface area (Å²) in [5.74, 6) is -0.278. The molecule has 0 saturated heterocycles. The van der Waals surface area contributed by atoms with Crippen molar-refractivity contribution in [3.8, 4) is 0 Å². The number of hydrogen-bond acceptors (Lipinski definition) is 3. The fourth-order valence-electron chi connectivity index (χ4n) is 3.16. The molecule has 0 fully saturated rings. The summed E-state index contributed by atoms with van der Waals surface area (Å²) >= 11 is 0. The van der Waals surface area contributed by atoms with Crippen molar-refractivity contribution in [3.63, 3.8) is 0 Å². The number of nitrogens with zero attached hydrogens (tertiary/aromatic N) is 1. The van der Waals surface area contributed by atoms with Crippen LogP contribution in [0.4, 0.5) is 5.69 Å². The molecule has 0 amide bonds. The van der Waals surface area contributed by atoms with E-state index in [1.165, 1.54) is 6.07 Å². The topological polar surface area (TPSA) is 60.2 Å². The highest BCUT2D eigenvalue weighted by Crippen LogP contribution is 2.47. The largest absolute Gasteiger partial charge is 0.293 e. The van der Waals surface area contributed by atoms with E-state index in [0.717, 1.165) is 20.2 Å². The van der Waals surface area contributed by atoms with Gasteiger partial charge in [-0.1, -0.05) is 42.0 Å². The third-order valence-corrected chi connectivity index (χ3v) is 6.80. The van der Waals surface area contributed by atoms with Gasteiger partial charge in [0.1, 0.15) is 0 Å². The van der Waals surface area contributed by atoms with Gasteiger partial charge in [0.25, 0.3) is 5.69 Å². The van der Waals surface area contributed by atoms with Crippen molar-refractivity contribution >= 4 is 26.8 Å². The second-order valence-electron chi connectivity index (χ2n) is 6.05. The molecule has 1 aliphatic carbocycles. The van der Waals surface area contributed by atoms with E-state index in [2.05, 4.69) is 0 Å². The molecule has 0 spiro atoms. The number of nitro benzene ring substituents is 1. The van der Waals surface area contributed by atoms with Crippen molar-refractivity contribution in [2.24, 2.45) is 5.92 Å². The third kappa shape index (κ3) is 2.57. The molecule has 0 aromatic heterocycles. The van der Waals surface area contributed by atoms with Crippen molar-refractivity contribution in [2.45, 2.75) is 16.7 Å². The van der Waals surface area contributed by atoms with Gasteiger partial charge in [0.2, 0.25) is 0 Å². The van der Waals surface area contributed by atoms with Gasteiger partial charge in [-0.25, -0.2) is 0 Å². The van der Waals surface area contributed by atoms with Crippen LogP contribution >= 0.6 is 10.5 Å². The summed E-state index contributed by atoms with van der Waals surface area (Å²) in [6, 6.07) is 12.8. The fourth-order valence-corrected chi connectivity index (χ4v) is 5.63. The Morgan fingerprint density at radius 1 is 1.08 bits per heavy atom. The smallest absolute Gasteiger partial charge is 0.270 e. The summed E-state index contributed by atoms with van der Waals surface area (Å²) in [5.41, 5.74) is 1.76. The Morgan fingerprint density at radius 2 is 1.84 bits per heavy atom. The summed E-state index contributed by atoms with van der Waals surface area (Å²) in [7, 11) is -0.502. The SMILES string of the molecule is Cc1ccc(S2=C3C=CC=CC3C(=O)c3ccc([N+](=O)[O-])cc32)cc1. The first-order chi connectivity index (χ1) is 12.1. The van der Waals surface area contributed by atoms with E-state index in [4.69, 9.17) is 0 Å². The van der Waals surface area contributed by atoms with Crippen LogP contribution in [0.25, 0.3) is 0 Å². The number of nitro groups is 1. The van der Waals surface area contributed by atoms with Crippen LogP contribution in [0.5, 0.6) is 0 Å². The van der Waals surface area contributed by atoms with Gasteiger partial charge in [0, 0.05) is 27.5 Å². The minimum absolute atomic E-state index is 0.0105. The highest BCUT2D eigenvalue weighted by atomic mass is 32.2. The molecule has 4 nitrogen and oxygen atoms in total. The normalized spacial score (nSPS) is 21.0. The van der Waals surface area contributed by atoms with Crippen LogP contribution in [0, 0.1) is 23.0 Å². The number of fused-ring (bicyclic) bond motifs is 2. The molecule has 1 heterocycles. The van der Waals surface area contributed by atoms with E-state index in [9.17, 15) is 14.9 Å². The van der Waals surface area contributed by atoms with Crippen LogP contribution < -0.4 is 0 Å². The van der Waals surface area contributed by atoms with Gasteiger partial charge in [-0.3, -0.25) is 14.9 Å². The molecule has 1 aliphatic heterocycles. The predicted octanol–water partition coefficient (Wildman–Crippen LogP) is 4.70. The molecule has 2 aromatic rings. The van der Waals surface area contributed by atoms with E-state index >= 15 is 0 Å². The first-order valence-corrected chi connectivity index (χ1v) is 9.14. The molecule has 2 unspecified atom stereocenters. The van der Waals surface area contributed by atoms with Crippen LogP contribution in [-0.4, -0.2) is 15.6 Å². The molecule has 25 heavy (non-hydrogen) atoms. The van der Waals surface area contributed by atoms with Gasteiger partial charge in [-0.15, -0.1) is 10.5 Å². The van der Waals surface area contributed by atoms with E-state index in [1.54, 1.807) is 12.1 Å². The quantitative estimate of drug-likeness (QED) is 0.448. The lowest BCUT2D eigenvalue weighted by Gasteiger charge is -2.28. The second-order valence-corrected chi connectivity index (χ2v) is 8.04. The van der Waals surface area contributed by atoms with Gasteiger partial charge >= 0.3 is 0 Å². The minimum atomic E-state index is -0.502. The lowest BCUT2D eigenvalue weighted by atomic mass is 9.91. The van der Waals surface area contributed by atoms with Crippen molar-refractivity contribution in [1.82, 2.24) is 0 Å². The molecule has 0 saturated carbocycles. The molecule has 0 N–H and O–H groups in total. The standard InChI is InChI=1S/C20H15NO3S/c1-13-6-9-15(10-7-13)25-18-5-3-2-4-16(18)20(22)17-11-8-14(21(23)24)12-19(17)25/h2-12,16H,1H3. The summed E-state index contributed by atoms with van der Waals surface area (Å²) in [4.78, 5) is 26.5. The number of rotatable bonds is 2. The van der Waals surface area contributed by atoms with Crippen LogP contribution in [0.3, 0.4) is 0 Å². The van der Waals surface area contributed by atoms with Gasteiger partial charge in [0.05, 0.1) is 10.8 Å². The molecule has 0 bridgehead atoms. The average molecular weight is 349 g/mol. The number of aryl methyl sites for hydroxylation is 1. The maximum atomic E-state index is 12.9. The highest BCUT2D eigenvalue weighted by Gasteiger charge is 2.33. The zero-order chi connectivity index (χ0) is 17.6. The first-order valence-electron chi connectivity index (χ1n) is 7.91. The van der Waals surface area contributed by atoms with Gasteiger partial charge < -0.3 is 0 Å². The Balaban J connectivity index is 2.04. The number of carbonyl (C=O) groups excluding carboxylic acids is 1. The van der Waals surface area contributed by atoms with Gasteiger partial charge in [-0.2, -0.15) is 0 Å². The molecular weight excluding hydrogens is 334 g/mol. The maximum absolute atomic E-state index is 12.9. The molecule has 2 atom stereocenters. The number of Topliss-reactive ketones (excluding diaryl/α,β-unsaturated/α-hetero) is 1. The Morgan fingerprint density at radius 3 is 2.56 bits per heavy atom. The zero-order valence-corrected chi connectivity index (χ0v) is 14.3. The van der Waals surface area contributed by atoms with Gasteiger partial charge in [-0.05, 0) is 30.0 Å². The highest BCUT2D eigenvalue weighted by molar-refractivity contribution is 8.16. The van der Waals surface area contributed by atoms with Gasteiger partial charge in [0.15, 0.2) is 5.78 Å². The third-order valence-electron chi connectivity index (χ3n) is 4.42. The number of non-ortho nitro benzene ring substituents is 1. The fraction of sp³-hybridized carbons (Fsp3) is 0.100. The minimum Gasteiger partial charge on any atom is -0.293 e. The number of benzene rings is 2. The number of hydrogen-bond donors (Lipinski definition) is 0.